The lowest BCUT2D eigenvalue weighted by Gasteiger charge is -2.34. The predicted octanol–water partition coefficient (Wildman–Crippen LogP) is 1.61. The van der Waals surface area contributed by atoms with Crippen LogP contribution in [0.4, 0.5) is 18.9 Å². The van der Waals surface area contributed by atoms with E-state index in [1.807, 2.05) is 0 Å². The van der Waals surface area contributed by atoms with Crippen molar-refractivity contribution in [2.45, 2.75) is 11.0 Å². The molecule has 0 aliphatic carbocycles. The van der Waals surface area contributed by atoms with E-state index in [9.17, 15) is 31.5 Å². The third kappa shape index (κ3) is 3.32. The lowest BCUT2D eigenvalue weighted by Crippen LogP contribution is -2.53. The molecule has 0 bridgehead atoms. The number of hydrogen-bond acceptors (Lipinski definition) is 5. The Bertz CT molecular complexity index is 1260. The van der Waals surface area contributed by atoms with Gasteiger partial charge in [-0.25, -0.2) is 26.6 Å². The Morgan fingerprint density at radius 1 is 1.17 bits per heavy atom. The molecule has 1 amide bonds. The van der Waals surface area contributed by atoms with Gasteiger partial charge in [-0.1, -0.05) is 0 Å². The first kappa shape index (κ1) is 20.3. The minimum atomic E-state index is -3.99. The number of nitrogens with zero attached hydrogens (tertiary/aromatic N) is 3. The highest BCUT2D eigenvalue weighted by Crippen LogP contribution is 2.28. The Morgan fingerprint density at radius 3 is 2.40 bits per heavy atom. The van der Waals surface area contributed by atoms with Gasteiger partial charge in [-0.05, 0) is 12.1 Å². The maximum Gasteiger partial charge on any atom is 0.257 e. The van der Waals surface area contributed by atoms with E-state index < -0.39 is 39.5 Å². The number of sulfonamides is 1. The summed E-state index contributed by atoms with van der Waals surface area (Å²) in [5.41, 5.74) is 0.0440. The van der Waals surface area contributed by atoms with E-state index >= 15 is 0 Å². The maximum absolute atomic E-state index is 13.5. The van der Waals surface area contributed by atoms with Crippen LogP contribution >= 0.6 is 0 Å². The van der Waals surface area contributed by atoms with Gasteiger partial charge in [-0.15, -0.1) is 0 Å². The van der Waals surface area contributed by atoms with Gasteiger partial charge < -0.3 is 15.0 Å². The summed E-state index contributed by atoms with van der Waals surface area (Å²) in [6.07, 6.45) is 0.618. The van der Waals surface area contributed by atoms with E-state index in [0.29, 0.717) is 12.1 Å². The summed E-state index contributed by atoms with van der Waals surface area (Å²) in [6.45, 7) is -0.142. The summed E-state index contributed by atoms with van der Waals surface area (Å²) in [7, 11) is -2.40. The Balaban J connectivity index is 1.77. The number of anilines is 1. The summed E-state index contributed by atoms with van der Waals surface area (Å²) in [4.78, 5) is 16.7. The minimum absolute atomic E-state index is 0.0712. The first-order valence-corrected chi connectivity index (χ1v) is 10.1. The highest BCUT2D eigenvalue weighted by atomic mass is 32.2. The number of imidazole rings is 1. The topological polar surface area (TPSA) is 105 Å². The van der Waals surface area contributed by atoms with Crippen molar-refractivity contribution >= 4 is 32.7 Å². The second-order valence-electron chi connectivity index (χ2n) is 6.88. The summed E-state index contributed by atoms with van der Waals surface area (Å²) in [5, 5.41) is 11.6. The van der Waals surface area contributed by atoms with Crippen LogP contribution in [0.3, 0.4) is 0 Å². The molecule has 0 saturated carbocycles. The molecule has 1 aliphatic heterocycles. The second kappa shape index (κ2) is 7.07. The zero-order valence-electron chi connectivity index (χ0n) is 15.4. The van der Waals surface area contributed by atoms with E-state index in [4.69, 9.17) is 0 Å². The second-order valence-corrected chi connectivity index (χ2v) is 8.82. The number of carbonyl (C=O) groups excluding carboxylic acids is 1. The average molecular weight is 440 g/mol. The Morgan fingerprint density at radius 2 is 1.80 bits per heavy atom. The number of aryl methyl sites for hydroxylation is 1. The molecule has 2 N–H and O–H groups in total. The number of fused-ring (bicyclic) bond motifs is 1. The van der Waals surface area contributed by atoms with Crippen molar-refractivity contribution in [3.05, 3.63) is 53.6 Å². The van der Waals surface area contributed by atoms with Crippen LogP contribution in [0.5, 0.6) is 0 Å². The number of carbonyl (C=O) groups is 1. The Hall–Kier alpha value is -2.96. The number of hydrogen-bond donors (Lipinski definition) is 2. The first-order valence-electron chi connectivity index (χ1n) is 8.67. The fourth-order valence-electron chi connectivity index (χ4n) is 3.18. The Labute approximate surface area is 168 Å². The quantitative estimate of drug-likeness (QED) is 0.600. The van der Waals surface area contributed by atoms with Crippen molar-refractivity contribution in [2.75, 3.05) is 18.4 Å². The van der Waals surface area contributed by atoms with Gasteiger partial charge in [-0.2, -0.15) is 4.31 Å². The van der Waals surface area contributed by atoms with Crippen LogP contribution in [-0.2, 0) is 17.1 Å². The zero-order valence-corrected chi connectivity index (χ0v) is 16.3. The molecule has 1 aliphatic rings. The van der Waals surface area contributed by atoms with Gasteiger partial charge in [0, 0.05) is 38.0 Å². The predicted molar refractivity (Wildman–Crippen MR) is 99.7 cm³/mol. The van der Waals surface area contributed by atoms with Crippen molar-refractivity contribution in [1.29, 1.82) is 0 Å². The van der Waals surface area contributed by atoms with Crippen molar-refractivity contribution in [1.82, 2.24) is 13.9 Å². The molecule has 2 aromatic carbocycles. The lowest BCUT2D eigenvalue weighted by atomic mass is 10.1. The standard InChI is InChI=1S/C18H15F3N4O4S/c1-24-8-22-15-5-11(30(28,29)25-6-10(26)7-25)4-12(17(15)24)18(27)23-9-2-13(19)16(21)14(20)3-9/h2-5,8,10,26H,6-7H2,1H3,(H,23,27). The van der Waals surface area contributed by atoms with Crippen LogP contribution in [0.2, 0.25) is 0 Å². The van der Waals surface area contributed by atoms with Crippen molar-refractivity contribution in [2.24, 2.45) is 7.05 Å². The highest BCUT2D eigenvalue weighted by Gasteiger charge is 2.36. The van der Waals surface area contributed by atoms with E-state index in [1.165, 1.54) is 17.0 Å². The molecule has 8 nitrogen and oxygen atoms in total. The number of aromatic nitrogens is 2. The first-order chi connectivity index (χ1) is 14.1. The van der Waals surface area contributed by atoms with E-state index in [-0.39, 0.29) is 40.3 Å². The summed E-state index contributed by atoms with van der Waals surface area (Å²) in [6, 6.07) is 3.64. The summed E-state index contributed by atoms with van der Waals surface area (Å²) >= 11 is 0. The number of benzene rings is 2. The number of halogens is 3. The molecule has 0 radical (unpaired) electrons. The fraction of sp³-hybridized carbons (Fsp3) is 0.222. The van der Waals surface area contributed by atoms with E-state index in [0.717, 1.165) is 10.4 Å². The number of aliphatic hydroxyl groups excluding tert-OH is 1. The van der Waals surface area contributed by atoms with Gasteiger partial charge in [-0.3, -0.25) is 4.79 Å². The average Bonchev–Trinajstić information content (AvgIpc) is 3.03. The molecule has 158 valence electrons. The molecule has 1 saturated heterocycles. The smallest absolute Gasteiger partial charge is 0.257 e. The van der Waals surface area contributed by atoms with Gasteiger partial charge >= 0.3 is 0 Å². The largest absolute Gasteiger partial charge is 0.390 e. The molecule has 4 rings (SSSR count). The van der Waals surface area contributed by atoms with Crippen LogP contribution in [0.15, 0.2) is 35.5 Å². The fourth-order valence-corrected chi connectivity index (χ4v) is 4.74. The van der Waals surface area contributed by atoms with Crippen LogP contribution in [0, 0.1) is 17.5 Å². The van der Waals surface area contributed by atoms with Gasteiger partial charge in [0.05, 0.1) is 33.9 Å². The number of aliphatic hydroxyl groups is 1. The Kier molecular flexibility index (Phi) is 4.79. The lowest BCUT2D eigenvalue weighted by molar-refractivity contribution is 0.0548. The maximum atomic E-state index is 13.5. The molecule has 2 heterocycles. The molecule has 30 heavy (non-hydrogen) atoms. The van der Waals surface area contributed by atoms with Crippen LogP contribution < -0.4 is 5.32 Å². The molecule has 0 unspecified atom stereocenters. The SMILES string of the molecule is Cn1cnc2cc(S(=O)(=O)N3CC(O)C3)cc(C(=O)Nc3cc(F)c(F)c(F)c3)c21. The molecule has 1 fully saturated rings. The third-order valence-electron chi connectivity index (χ3n) is 4.74. The number of nitrogens with one attached hydrogen (secondary N) is 1. The third-order valence-corrected chi connectivity index (χ3v) is 6.55. The van der Waals surface area contributed by atoms with Crippen LogP contribution in [0.25, 0.3) is 11.0 Å². The number of β-amino-alcohol motifs (C(OH)–C–C–N with tert-alkyl or cyclic N) is 1. The van der Waals surface area contributed by atoms with E-state index in [1.54, 1.807) is 7.05 Å². The minimum Gasteiger partial charge on any atom is -0.390 e. The number of rotatable bonds is 4. The molecule has 3 aromatic rings. The van der Waals surface area contributed by atoms with Crippen LogP contribution in [0.1, 0.15) is 10.4 Å². The molecular weight excluding hydrogens is 425 g/mol. The summed E-state index contributed by atoms with van der Waals surface area (Å²) in [5.74, 6) is -5.51. The monoisotopic (exact) mass is 440 g/mol. The van der Waals surface area contributed by atoms with Crippen LogP contribution in [-0.4, -0.2) is 52.5 Å². The van der Waals surface area contributed by atoms with Crippen molar-refractivity contribution in [3.8, 4) is 0 Å². The summed E-state index contributed by atoms with van der Waals surface area (Å²) < 4.78 is 68.2. The normalized spacial score (nSPS) is 15.4. The van der Waals surface area contributed by atoms with E-state index in [2.05, 4.69) is 10.3 Å². The number of amides is 1. The van der Waals surface area contributed by atoms with Crippen molar-refractivity contribution < 1.29 is 31.5 Å². The van der Waals surface area contributed by atoms with Gasteiger partial charge in [0.1, 0.15) is 0 Å². The molecule has 0 atom stereocenters. The van der Waals surface area contributed by atoms with Gasteiger partial charge in [0.25, 0.3) is 5.91 Å². The molecule has 12 heteroatoms. The molecule has 0 spiro atoms. The zero-order chi connectivity index (χ0) is 21.8. The van der Waals surface area contributed by atoms with Gasteiger partial charge in [0.2, 0.25) is 10.0 Å². The van der Waals surface area contributed by atoms with Gasteiger partial charge in [0.15, 0.2) is 17.5 Å². The molecule has 1 aromatic heterocycles. The highest BCUT2D eigenvalue weighted by molar-refractivity contribution is 7.89. The van der Waals surface area contributed by atoms with Crippen molar-refractivity contribution in [3.63, 3.8) is 0 Å². The molecular formula is C18H15F3N4O4S.